The van der Waals surface area contributed by atoms with Gasteiger partial charge in [-0.15, -0.1) is 0 Å². The summed E-state index contributed by atoms with van der Waals surface area (Å²) in [4.78, 5) is 14.0. The van der Waals surface area contributed by atoms with Gasteiger partial charge in [0, 0.05) is 7.11 Å². The minimum absolute atomic E-state index is 0.200. The van der Waals surface area contributed by atoms with Gasteiger partial charge in [0.05, 0.1) is 19.7 Å². The molecule has 1 N–H and O–H groups in total. The highest BCUT2D eigenvalue weighted by molar-refractivity contribution is 5.68. The monoisotopic (exact) mass is 371 g/mol. The molecule has 1 heterocycles. The molecule has 3 atom stereocenters. The van der Waals surface area contributed by atoms with Crippen molar-refractivity contribution in [3.8, 4) is 0 Å². The van der Waals surface area contributed by atoms with E-state index in [1.807, 2.05) is 60.7 Å². The normalized spacial score (nSPS) is 22.4. The van der Waals surface area contributed by atoms with Crippen molar-refractivity contribution in [1.82, 2.24) is 4.90 Å². The van der Waals surface area contributed by atoms with Crippen LogP contribution in [0.1, 0.15) is 11.1 Å². The average Bonchev–Trinajstić information content (AvgIpc) is 2.72. The molecule has 1 saturated heterocycles. The first kappa shape index (κ1) is 19.4. The molecule has 27 heavy (non-hydrogen) atoms. The number of hydrogen-bond donors (Lipinski definition) is 1. The molecule has 0 spiro atoms. The summed E-state index contributed by atoms with van der Waals surface area (Å²) in [6.45, 7) is 1.07. The Balaban J connectivity index is 1.58. The Bertz CT molecular complexity index is 709. The SMILES string of the molecule is CO[C@@H]1CN(C(=O)OCc2ccccc2)C[C@H](OCc2ccccc2)[C@H]1O. The average molecular weight is 371 g/mol. The maximum absolute atomic E-state index is 12.5. The fourth-order valence-corrected chi connectivity index (χ4v) is 3.07. The summed E-state index contributed by atoms with van der Waals surface area (Å²) >= 11 is 0. The third-order valence-electron chi connectivity index (χ3n) is 4.64. The van der Waals surface area contributed by atoms with Gasteiger partial charge in [-0.05, 0) is 11.1 Å². The number of ether oxygens (including phenoxy) is 3. The number of carbonyl (C=O) groups is 1. The summed E-state index contributed by atoms with van der Waals surface area (Å²) < 4.78 is 16.6. The van der Waals surface area contributed by atoms with Gasteiger partial charge < -0.3 is 24.2 Å². The van der Waals surface area contributed by atoms with Crippen molar-refractivity contribution in [1.29, 1.82) is 0 Å². The predicted octanol–water partition coefficient (Wildman–Crippen LogP) is 2.60. The number of amides is 1. The Hall–Kier alpha value is -2.41. The molecule has 1 aliphatic rings. The molecule has 6 nitrogen and oxygen atoms in total. The van der Waals surface area contributed by atoms with Gasteiger partial charge in [0.2, 0.25) is 0 Å². The van der Waals surface area contributed by atoms with Crippen LogP contribution in [0.5, 0.6) is 0 Å². The van der Waals surface area contributed by atoms with E-state index in [4.69, 9.17) is 14.2 Å². The minimum atomic E-state index is -0.808. The van der Waals surface area contributed by atoms with Gasteiger partial charge in [-0.25, -0.2) is 4.79 Å². The van der Waals surface area contributed by atoms with Gasteiger partial charge in [-0.1, -0.05) is 60.7 Å². The molecule has 0 saturated carbocycles. The largest absolute Gasteiger partial charge is 0.445 e. The number of methoxy groups -OCH3 is 1. The zero-order valence-corrected chi connectivity index (χ0v) is 15.4. The van der Waals surface area contributed by atoms with Gasteiger partial charge in [-0.3, -0.25) is 0 Å². The van der Waals surface area contributed by atoms with Crippen molar-refractivity contribution in [2.75, 3.05) is 20.2 Å². The van der Waals surface area contributed by atoms with Crippen LogP contribution in [-0.4, -0.2) is 54.6 Å². The minimum Gasteiger partial charge on any atom is -0.445 e. The van der Waals surface area contributed by atoms with E-state index in [9.17, 15) is 9.90 Å². The van der Waals surface area contributed by atoms with E-state index >= 15 is 0 Å². The second-order valence-corrected chi connectivity index (χ2v) is 6.54. The number of aliphatic hydroxyl groups is 1. The van der Waals surface area contributed by atoms with Crippen molar-refractivity contribution in [2.45, 2.75) is 31.5 Å². The summed E-state index contributed by atoms with van der Waals surface area (Å²) in [5.41, 5.74) is 1.92. The molecule has 0 radical (unpaired) electrons. The Morgan fingerprint density at radius 2 is 1.52 bits per heavy atom. The molecular weight excluding hydrogens is 346 g/mol. The zero-order valence-electron chi connectivity index (χ0n) is 15.4. The quantitative estimate of drug-likeness (QED) is 0.845. The first-order valence-electron chi connectivity index (χ1n) is 8.99. The topological polar surface area (TPSA) is 68.2 Å². The molecule has 1 aliphatic heterocycles. The van der Waals surface area contributed by atoms with Crippen molar-refractivity contribution in [2.24, 2.45) is 0 Å². The van der Waals surface area contributed by atoms with E-state index in [0.29, 0.717) is 6.61 Å². The van der Waals surface area contributed by atoms with Crippen LogP contribution < -0.4 is 0 Å². The van der Waals surface area contributed by atoms with Crippen LogP contribution in [0.3, 0.4) is 0 Å². The van der Waals surface area contributed by atoms with Crippen molar-refractivity contribution >= 4 is 6.09 Å². The molecule has 0 aromatic heterocycles. The number of hydrogen-bond acceptors (Lipinski definition) is 5. The Morgan fingerprint density at radius 3 is 2.11 bits per heavy atom. The third kappa shape index (κ3) is 5.29. The van der Waals surface area contributed by atoms with E-state index < -0.39 is 24.4 Å². The highest BCUT2D eigenvalue weighted by Gasteiger charge is 2.39. The third-order valence-corrected chi connectivity index (χ3v) is 4.64. The lowest BCUT2D eigenvalue weighted by molar-refractivity contribution is -0.143. The molecule has 6 heteroatoms. The van der Waals surface area contributed by atoms with E-state index in [1.165, 1.54) is 12.0 Å². The fraction of sp³-hybridized carbons (Fsp3) is 0.381. The fourth-order valence-electron chi connectivity index (χ4n) is 3.07. The molecule has 144 valence electrons. The van der Waals surface area contributed by atoms with Crippen molar-refractivity contribution in [3.05, 3.63) is 71.8 Å². The van der Waals surface area contributed by atoms with Crippen molar-refractivity contribution in [3.63, 3.8) is 0 Å². The summed E-state index contributed by atoms with van der Waals surface area (Å²) in [5, 5.41) is 10.5. The lowest BCUT2D eigenvalue weighted by atomic mass is 10.0. The molecule has 0 bridgehead atoms. The first-order valence-corrected chi connectivity index (χ1v) is 8.99. The maximum atomic E-state index is 12.5. The lowest BCUT2D eigenvalue weighted by Gasteiger charge is -2.39. The molecule has 2 aromatic carbocycles. The van der Waals surface area contributed by atoms with Gasteiger partial charge in [0.25, 0.3) is 0 Å². The van der Waals surface area contributed by atoms with E-state index in [1.54, 1.807) is 0 Å². The molecule has 1 fully saturated rings. The summed E-state index contributed by atoms with van der Waals surface area (Å²) in [6, 6.07) is 19.2. The standard InChI is InChI=1S/C21H25NO5/c1-25-18-12-22(21(24)27-15-17-10-6-3-7-11-17)13-19(20(18)23)26-14-16-8-4-2-5-9-16/h2-11,18-20,23H,12-15H2,1H3/t18-,19+,20+/m1/s1. The van der Waals surface area contributed by atoms with E-state index in [0.717, 1.165) is 11.1 Å². The Morgan fingerprint density at radius 1 is 0.963 bits per heavy atom. The van der Waals surface area contributed by atoms with Crippen LogP contribution >= 0.6 is 0 Å². The lowest BCUT2D eigenvalue weighted by Crippen LogP contribution is -2.58. The van der Waals surface area contributed by atoms with Crippen LogP contribution in [0.15, 0.2) is 60.7 Å². The molecule has 2 aromatic rings. The number of likely N-dealkylation sites (tertiary alicyclic amines) is 1. The van der Waals surface area contributed by atoms with Gasteiger partial charge >= 0.3 is 6.09 Å². The zero-order chi connectivity index (χ0) is 19.1. The Labute approximate surface area is 159 Å². The number of aliphatic hydroxyl groups excluding tert-OH is 1. The molecule has 1 amide bonds. The molecular formula is C21H25NO5. The number of carbonyl (C=O) groups excluding carboxylic acids is 1. The number of piperidine rings is 1. The van der Waals surface area contributed by atoms with Crippen LogP contribution in [0.2, 0.25) is 0 Å². The summed E-state index contributed by atoms with van der Waals surface area (Å²) in [6.07, 6.45) is -2.32. The van der Waals surface area contributed by atoms with Crippen LogP contribution in [0.25, 0.3) is 0 Å². The van der Waals surface area contributed by atoms with E-state index in [-0.39, 0.29) is 19.7 Å². The second-order valence-electron chi connectivity index (χ2n) is 6.54. The van der Waals surface area contributed by atoms with E-state index in [2.05, 4.69) is 0 Å². The van der Waals surface area contributed by atoms with Crippen LogP contribution in [0.4, 0.5) is 4.79 Å². The smallest absolute Gasteiger partial charge is 0.410 e. The summed E-state index contributed by atoms with van der Waals surface area (Å²) in [7, 11) is 1.51. The number of nitrogens with zero attached hydrogens (tertiary/aromatic N) is 1. The van der Waals surface area contributed by atoms with Crippen molar-refractivity contribution < 1.29 is 24.1 Å². The summed E-state index contributed by atoms with van der Waals surface area (Å²) in [5.74, 6) is 0. The number of rotatable bonds is 6. The van der Waals surface area contributed by atoms with Crippen LogP contribution in [0, 0.1) is 0 Å². The molecule has 0 unspecified atom stereocenters. The maximum Gasteiger partial charge on any atom is 0.410 e. The first-order chi connectivity index (χ1) is 13.2. The van der Waals surface area contributed by atoms with Gasteiger partial charge in [-0.2, -0.15) is 0 Å². The molecule has 0 aliphatic carbocycles. The highest BCUT2D eigenvalue weighted by Crippen LogP contribution is 2.19. The second kappa shape index (κ2) is 9.50. The highest BCUT2D eigenvalue weighted by atomic mass is 16.6. The predicted molar refractivity (Wildman–Crippen MR) is 100 cm³/mol. The van der Waals surface area contributed by atoms with Gasteiger partial charge in [0.15, 0.2) is 0 Å². The molecule has 3 rings (SSSR count). The number of benzene rings is 2. The van der Waals surface area contributed by atoms with Crippen LogP contribution in [-0.2, 0) is 27.4 Å². The Kier molecular flexibility index (Phi) is 6.81. The van der Waals surface area contributed by atoms with Gasteiger partial charge in [0.1, 0.15) is 24.9 Å².